The Hall–Kier alpha value is -2.63. The first-order valence-corrected chi connectivity index (χ1v) is 9.91. The van der Waals surface area contributed by atoms with Crippen LogP contribution in [0.3, 0.4) is 0 Å². The van der Waals surface area contributed by atoms with Crippen LogP contribution in [0.4, 0.5) is 5.82 Å². The predicted octanol–water partition coefficient (Wildman–Crippen LogP) is 4.63. The van der Waals surface area contributed by atoms with Crippen LogP contribution in [0.25, 0.3) is 0 Å². The minimum atomic E-state index is -0.288. The van der Waals surface area contributed by atoms with Gasteiger partial charge in [0.05, 0.1) is 0 Å². The molecule has 1 heterocycles. The second-order valence-electron chi connectivity index (χ2n) is 8.05. The summed E-state index contributed by atoms with van der Waals surface area (Å²) in [6, 6.07) is 9.22. The SMILES string of the molecule is CCCCCCN(CC(=O)Nc1ccon1)C(=O)c1ccc(C(C)(C)C)cc1. The molecule has 2 aromatic rings. The van der Waals surface area contributed by atoms with E-state index < -0.39 is 0 Å². The molecular formula is C22H31N3O3. The summed E-state index contributed by atoms with van der Waals surface area (Å²) in [5.41, 5.74) is 1.79. The first kappa shape index (κ1) is 21.7. The fraction of sp³-hybridized carbons (Fsp3) is 0.500. The smallest absolute Gasteiger partial charge is 0.254 e. The van der Waals surface area contributed by atoms with Gasteiger partial charge in [0.2, 0.25) is 5.91 Å². The zero-order valence-electron chi connectivity index (χ0n) is 17.3. The monoisotopic (exact) mass is 385 g/mol. The van der Waals surface area contributed by atoms with Gasteiger partial charge >= 0.3 is 0 Å². The number of anilines is 1. The number of carbonyl (C=O) groups excluding carboxylic acids is 2. The Bertz CT molecular complexity index is 746. The largest absolute Gasteiger partial charge is 0.363 e. The number of rotatable bonds is 9. The summed E-state index contributed by atoms with van der Waals surface area (Å²) < 4.78 is 4.72. The van der Waals surface area contributed by atoms with E-state index in [9.17, 15) is 9.59 Å². The highest BCUT2D eigenvalue weighted by molar-refractivity contribution is 5.99. The summed E-state index contributed by atoms with van der Waals surface area (Å²) >= 11 is 0. The lowest BCUT2D eigenvalue weighted by atomic mass is 9.86. The van der Waals surface area contributed by atoms with E-state index >= 15 is 0 Å². The minimum Gasteiger partial charge on any atom is -0.363 e. The van der Waals surface area contributed by atoms with Crippen LogP contribution in [0.1, 0.15) is 69.3 Å². The lowest BCUT2D eigenvalue weighted by Gasteiger charge is -2.23. The third-order valence-corrected chi connectivity index (χ3v) is 4.61. The molecule has 0 aliphatic carbocycles. The first-order valence-electron chi connectivity index (χ1n) is 9.91. The Kier molecular flexibility index (Phi) is 7.79. The van der Waals surface area contributed by atoms with Crippen molar-refractivity contribution in [2.75, 3.05) is 18.4 Å². The maximum Gasteiger partial charge on any atom is 0.254 e. The molecule has 2 amide bonds. The Labute approximate surface area is 167 Å². The van der Waals surface area contributed by atoms with Crippen molar-refractivity contribution in [1.29, 1.82) is 0 Å². The standard InChI is InChI=1S/C22H31N3O3/c1-5-6-7-8-14-25(16-20(26)23-19-13-15-28-24-19)21(27)17-9-11-18(12-10-17)22(2,3)4/h9-13,15H,5-8,14,16H2,1-4H3,(H,23,24,26). The van der Waals surface area contributed by atoms with Crippen molar-refractivity contribution in [3.05, 3.63) is 47.7 Å². The quantitative estimate of drug-likeness (QED) is 0.638. The molecule has 0 spiro atoms. The maximum atomic E-state index is 13.0. The Morgan fingerprint density at radius 1 is 1.07 bits per heavy atom. The first-order chi connectivity index (χ1) is 13.3. The van der Waals surface area contributed by atoms with Crippen LogP contribution in [0.2, 0.25) is 0 Å². The van der Waals surface area contributed by atoms with Crippen molar-refractivity contribution in [3.63, 3.8) is 0 Å². The zero-order chi connectivity index (χ0) is 20.6. The Balaban J connectivity index is 2.07. The van der Waals surface area contributed by atoms with Gasteiger partial charge < -0.3 is 14.7 Å². The molecule has 152 valence electrons. The van der Waals surface area contributed by atoms with Crippen molar-refractivity contribution >= 4 is 17.6 Å². The van der Waals surface area contributed by atoms with Gasteiger partial charge in [0.15, 0.2) is 5.82 Å². The van der Waals surface area contributed by atoms with E-state index in [2.05, 4.69) is 38.2 Å². The van der Waals surface area contributed by atoms with E-state index in [0.717, 1.165) is 25.7 Å². The number of nitrogens with one attached hydrogen (secondary N) is 1. The molecule has 0 unspecified atom stereocenters. The number of hydrogen-bond donors (Lipinski definition) is 1. The normalized spacial score (nSPS) is 11.3. The molecular weight excluding hydrogens is 354 g/mol. The fourth-order valence-corrected chi connectivity index (χ4v) is 2.91. The number of hydrogen-bond acceptors (Lipinski definition) is 4. The molecule has 0 aliphatic heterocycles. The topological polar surface area (TPSA) is 75.4 Å². The van der Waals surface area contributed by atoms with Gasteiger partial charge in [0, 0.05) is 18.2 Å². The Morgan fingerprint density at radius 2 is 1.79 bits per heavy atom. The molecule has 0 atom stereocenters. The van der Waals surface area contributed by atoms with E-state index in [1.807, 2.05) is 24.3 Å². The van der Waals surface area contributed by atoms with Crippen LogP contribution in [0.5, 0.6) is 0 Å². The van der Waals surface area contributed by atoms with Crippen LogP contribution in [-0.2, 0) is 10.2 Å². The van der Waals surface area contributed by atoms with Gasteiger partial charge in [-0.05, 0) is 29.5 Å². The summed E-state index contributed by atoms with van der Waals surface area (Å²) in [7, 11) is 0. The van der Waals surface area contributed by atoms with Gasteiger partial charge in [-0.25, -0.2) is 0 Å². The molecule has 0 bridgehead atoms. The van der Waals surface area contributed by atoms with Crippen LogP contribution in [0.15, 0.2) is 41.1 Å². The highest BCUT2D eigenvalue weighted by Crippen LogP contribution is 2.22. The lowest BCUT2D eigenvalue weighted by molar-refractivity contribution is -0.117. The summed E-state index contributed by atoms with van der Waals surface area (Å²) in [6.07, 6.45) is 5.54. The predicted molar refractivity (Wildman–Crippen MR) is 110 cm³/mol. The fourth-order valence-electron chi connectivity index (χ4n) is 2.91. The van der Waals surface area contributed by atoms with Gasteiger partial charge in [-0.1, -0.05) is 64.2 Å². The van der Waals surface area contributed by atoms with Crippen molar-refractivity contribution in [1.82, 2.24) is 10.1 Å². The molecule has 6 nitrogen and oxygen atoms in total. The van der Waals surface area contributed by atoms with Crippen molar-refractivity contribution in [3.8, 4) is 0 Å². The highest BCUT2D eigenvalue weighted by Gasteiger charge is 2.20. The minimum absolute atomic E-state index is 0.0150. The van der Waals surface area contributed by atoms with E-state index in [4.69, 9.17) is 4.52 Å². The van der Waals surface area contributed by atoms with Crippen LogP contribution in [-0.4, -0.2) is 35.0 Å². The summed E-state index contributed by atoms with van der Waals surface area (Å²) in [6.45, 7) is 9.09. The van der Waals surface area contributed by atoms with Crippen molar-refractivity contribution in [2.45, 2.75) is 58.8 Å². The van der Waals surface area contributed by atoms with Crippen molar-refractivity contribution < 1.29 is 14.1 Å². The second kappa shape index (κ2) is 10.1. The number of unbranched alkanes of at least 4 members (excludes halogenated alkanes) is 3. The molecule has 0 fully saturated rings. The molecule has 0 saturated carbocycles. The Morgan fingerprint density at radius 3 is 2.36 bits per heavy atom. The third-order valence-electron chi connectivity index (χ3n) is 4.61. The number of benzene rings is 1. The molecule has 1 N–H and O–H groups in total. The van der Waals surface area contributed by atoms with Gasteiger partial charge in [-0.2, -0.15) is 0 Å². The van der Waals surface area contributed by atoms with Gasteiger partial charge in [0.1, 0.15) is 12.8 Å². The van der Waals surface area contributed by atoms with Gasteiger partial charge in [-0.3, -0.25) is 9.59 Å². The number of carbonyl (C=O) groups is 2. The maximum absolute atomic E-state index is 13.0. The van der Waals surface area contributed by atoms with Crippen molar-refractivity contribution in [2.24, 2.45) is 0 Å². The molecule has 2 rings (SSSR count). The number of amides is 2. The van der Waals surface area contributed by atoms with E-state index in [1.165, 1.54) is 11.8 Å². The second-order valence-corrected chi connectivity index (χ2v) is 8.05. The number of aromatic nitrogens is 1. The summed E-state index contributed by atoms with van der Waals surface area (Å²) in [4.78, 5) is 27.0. The van der Waals surface area contributed by atoms with E-state index in [1.54, 1.807) is 11.0 Å². The van der Waals surface area contributed by atoms with Gasteiger partial charge in [-0.15, -0.1) is 0 Å². The molecule has 28 heavy (non-hydrogen) atoms. The number of nitrogens with zero attached hydrogens (tertiary/aromatic N) is 2. The third kappa shape index (κ3) is 6.51. The van der Waals surface area contributed by atoms with E-state index in [0.29, 0.717) is 17.9 Å². The molecule has 1 aromatic heterocycles. The zero-order valence-corrected chi connectivity index (χ0v) is 17.3. The molecule has 0 aliphatic rings. The van der Waals surface area contributed by atoms with Crippen LogP contribution >= 0.6 is 0 Å². The average Bonchev–Trinajstić information content (AvgIpc) is 3.16. The van der Waals surface area contributed by atoms with Crippen LogP contribution in [0, 0.1) is 0 Å². The summed E-state index contributed by atoms with van der Waals surface area (Å²) in [5, 5.41) is 6.33. The molecule has 1 aromatic carbocycles. The van der Waals surface area contributed by atoms with Crippen LogP contribution < -0.4 is 5.32 Å². The summed E-state index contributed by atoms with van der Waals surface area (Å²) in [5.74, 6) is -0.0748. The molecule has 0 radical (unpaired) electrons. The average molecular weight is 386 g/mol. The molecule has 6 heteroatoms. The van der Waals surface area contributed by atoms with Gasteiger partial charge in [0.25, 0.3) is 5.91 Å². The molecule has 0 saturated heterocycles. The van der Waals surface area contributed by atoms with E-state index in [-0.39, 0.29) is 23.8 Å². The highest BCUT2D eigenvalue weighted by atomic mass is 16.5. The lowest BCUT2D eigenvalue weighted by Crippen LogP contribution is -2.38.